The zero-order valence-corrected chi connectivity index (χ0v) is 22.0. The molecule has 5 heteroatoms. The van der Waals surface area contributed by atoms with Crippen molar-refractivity contribution in [3.63, 3.8) is 0 Å². The molecule has 0 radical (unpaired) electrons. The molecule has 1 atom stereocenters. The van der Waals surface area contributed by atoms with Gasteiger partial charge < -0.3 is 14.8 Å². The van der Waals surface area contributed by atoms with E-state index in [9.17, 15) is 4.79 Å². The van der Waals surface area contributed by atoms with Gasteiger partial charge in [-0.3, -0.25) is 4.98 Å². The molecule has 2 aromatic carbocycles. The summed E-state index contributed by atoms with van der Waals surface area (Å²) in [5.41, 5.74) is 5.82. The lowest BCUT2D eigenvalue weighted by Gasteiger charge is -2.23. The van der Waals surface area contributed by atoms with Crippen molar-refractivity contribution in [3.8, 4) is 16.9 Å². The molecule has 2 aliphatic rings. The second kappa shape index (κ2) is 10.7. The van der Waals surface area contributed by atoms with Crippen molar-refractivity contribution >= 4 is 17.4 Å². The van der Waals surface area contributed by atoms with Gasteiger partial charge in [-0.2, -0.15) is 0 Å². The van der Waals surface area contributed by atoms with Gasteiger partial charge in [0.15, 0.2) is 0 Å². The van der Waals surface area contributed by atoms with Gasteiger partial charge in [-0.1, -0.05) is 48.9 Å². The molecule has 1 unspecified atom stereocenters. The van der Waals surface area contributed by atoms with Crippen LogP contribution in [0.4, 0.5) is 0 Å². The number of pyridine rings is 1. The molecular weight excluding hydrogens is 468 g/mol. The van der Waals surface area contributed by atoms with Gasteiger partial charge in [-0.05, 0) is 91.8 Å². The van der Waals surface area contributed by atoms with E-state index in [1.807, 2.05) is 24.5 Å². The van der Waals surface area contributed by atoms with Crippen molar-refractivity contribution in [2.45, 2.75) is 82.9 Å². The molecule has 0 bridgehead atoms. The Labute approximate surface area is 219 Å². The number of para-hydroxylation sites is 1. The van der Waals surface area contributed by atoms with Crippen molar-refractivity contribution < 1.29 is 9.53 Å². The predicted octanol–water partition coefficient (Wildman–Crippen LogP) is 7.58. The molecule has 0 amide bonds. The maximum atomic E-state index is 11.3. The lowest BCUT2D eigenvalue weighted by atomic mass is 9.93. The molecular formula is C31H35ClN2O2. The standard InChI is InChI=1S/C31H35ClN2O2/c1-21(6-5-7-22(2)35)23-10-13-29(32)24(18-23)19-34-31(15-16-31)28-20-33-17-14-26(28)27-8-3-4-9-30(27)36-25-11-12-25/h3-4,8-10,13-14,17-18,20-21,25,34H,5-7,11-12,15-16,19H2,1-2H3. The summed E-state index contributed by atoms with van der Waals surface area (Å²) in [6.45, 7) is 4.59. The van der Waals surface area contributed by atoms with Crippen molar-refractivity contribution in [2.24, 2.45) is 0 Å². The van der Waals surface area contributed by atoms with E-state index >= 15 is 0 Å². The number of nitrogens with one attached hydrogen (secondary N) is 1. The summed E-state index contributed by atoms with van der Waals surface area (Å²) >= 11 is 6.63. The van der Waals surface area contributed by atoms with Crippen LogP contribution >= 0.6 is 11.6 Å². The first-order chi connectivity index (χ1) is 17.4. The number of hydrogen-bond acceptors (Lipinski definition) is 4. The highest BCUT2D eigenvalue weighted by atomic mass is 35.5. The molecule has 3 aromatic rings. The molecule has 5 rings (SSSR count). The summed E-state index contributed by atoms with van der Waals surface area (Å²) < 4.78 is 6.24. The van der Waals surface area contributed by atoms with Crippen molar-refractivity contribution in [2.75, 3.05) is 0 Å². The number of carbonyl (C=O) groups is 1. The molecule has 0 aliphatic heterocycles. The largest absolute Gasteiger partial charge is 0.490 e. The first-order valence-corrected chi connectivity index (χ1v) is 13.6. The third-order valence-corrected chi connectivity index (χ3v) is 7.87. The minimum absolute atomic E-state index is 0.108. The van der Waals surface area contributed by atoms with Gasteiger partial charge in [0, 0.05) is 41.5 Å². The van der Waals surface area contributed by atoms with Crippen LogP contribution in [0, 0.1) is 0 Å². The number of ketones is 1. The van der Waals surface area contributed by atoms with Crippen LogP contribution < -0.4 is 10.1 Å². The number of nitrogens with zero attached hydrogens (tertiary/aromatic N) is 1. The molecule has 36 heavy (non-hydrogen) atoms. The normalized spacial score (nSPS) is 17.0. The minimum Gasteiger partial charge on any atom is -0.490 e. The molecule has 188 valence electrons. The zero-order valence-electron chi connectivity index (χ0n) is 21.2. The molecule has 1 N–H and O–H groups in total. The number of hydrogen-bond donors (Lipinski definition) is 1. The molecule has 4 nitrogen and oxygen atoms in total. The smallest absolute Gasteiger partial charge is 0.129 e. The Bertz CT molecular complexity index is 1230. The van der Waals surface area contributed by atoms with Crippen molar-refractivity contribution in [1.82, 2.24) is 10.3 Å². The van der Waals surface area contributed by atoms with E-state index in [1.165, 1.54) is 16.7 Å². The van der Waals surface area contributed by atoms with Crippen LogP contribution in [0.2, 0.25) is 5.02 Å². The first-order valence-electron chi connectivity index (χ1n) is 13.2. The second-order valence-corrected chi connectivity index (χ2v) is 10.9. The van der Waals surface area contributed by atoms with Gasteiger partial charge in [0.25, 0.3) is 0 Å². The fraction of sp³-hybridized carbons (Fsp3) is 0.419. The molecule has 2 fully saturated rings. The summed E-state index contributed by atoms with van der Waals surface area (Å²) in [6, 6.07) is 16.8. The minimum atomic E-state index is -0.108. The highest BCUT2D eigenvalue weighted by Gasteiger charge is 2.45. The summed E-state index contributed by atoms with van der Waals surface area (Å²) in [5.74, 6) is 1.61. The molecule has 2 saturated carbocycles. The Morgan fingerprint density at radius 3 is 2.72 bits per heavy atom. The van der Waals surface area contributed by atoms with E-state index in [1.54, 1.807) is 6.92 Å². The SMILES string of the molecule is CC(=O)CCCC(C)c1ccc(Cl)c(CNC2(c3cnccc3-c3ccccc3OC3CC3)CC2)c1. The van der Waals surface area contributed by atoms with Gasteiger partial charge in [-0.15, -0.1) is 0 Å². The van der Waals surface area contributed by atoms with Crippen molar-refractivity contribution in [3.05, 3.63) is 82.6 Å². The van der Waals surface area contributed by atoms with Gasteiger partial charge >= 0.3 is 0 Å². The highest BCUT2D eigenvalue weighted by Crippen LogP contribution is 2.50. The quantitative estimate of drug-likeness (QED) is 0.277. The van der Waals surface area contributed by atoms with Crippen LogP contribution in [0.1, 0.15) is 81.4 Å². The van der Waals surface area contributed by atoms with Gasteiger partial charge in [0.05, 0.1) is 6.10 Å². The lowest BCUT2D eigenvalue weighted by molar-refractivity contribution is -0.117. The number of benzene rings is 2. The lowest BCUT2D eigenvalue weighted by Crippen LogP contribution is -2.29. The molecule has 0 saturated heterocycles. The topological polar surface area (TPSA) is 51.2 Å². The van der Waals surface area contributed by atoms with E-state index in [4.69, 9.17) is 16.3 Å². The third-order valence-electron chi connectivity index (χ3n) is 7.50. The second-order valence-electron chi connectivity index (χ2n) is 10.5. The number of carbonyl (C=O) groups excluding carboxylic acids is 1. The predicted molar refractivity (Wildman–Crippen MR) is 145 cm³/mol. The Kier molecular flexibility index (Phi) is 7.45. The van der Waals surface area contributed by atoms with Crippen LogP contribution in [0.5, 0.6) is 5.75 Å². The fourth-order valence-corrected chi connectivity index (χ4v) is 5.14. The first kappa shape index (κ1) is 25.0. The van der Waals surface area contributed by atoms with Gasteiger partial charge in [-0.25, -0.2) is 0 Å². The average Bonchev–Trinajstić information content (AvgIpc) is 3.81. The van der Waals surface area contributed by atoms with E-state index in [0.717, 1.165) is 60.4 Å². The third kappa shape index (κ3) is 5.82. The van der Waals surface area contributed by atoms with Crippen LogP contribution in [-0.4, -0.2) is 16.9 Å². The fourth-order valence-electron chi connectivity index (χ4n) is 4.96. The Morgan fingerprint density at radius 2 is 1.97 bits per heavy atom. The number of halogens is 1. The van der Waals surface area contributed by atoms with E-state index in [0.29, 0.717) is 25.0 Å². The van der Waals surface area contributed by atoms with Crippen molar-refractivity contribution in [1.29, 1.82) is 0 Å². The summed E-state index contributed by atoms with van der Waals surface area (Å²) in [7, 11) is 0. The summed E-state index contributed by atoms with van der Waals surface area (Å²) in [4.78, 5) is 15.8. The monoisotopic (exact) mass is 502 g/mol. The Balaban J connectivity index is 1.34. The summed E-state index contributed by atoms with van der Waals surface area (Å²) in [5, 5.41) is 4.63. The zero-order chi connectivity index (χ0) is 25.1. The summed E-state index contributed by atoms with van der Waals surface area (Å²) in [6.07, 6.45) is 11.2. The highest BCUT2D eigenvalue weighted by molar-refractivity contribution is 6.31. The molecule has 1 heterocycles. The Hall–Kier alpha value is -2.69. The van der Waals surface area contributed by atoms with Crippen LogP contribution in [-0.2, 0) is 16.9 Å². The van der Waals surface area contributed by atoms with Crippen LogP contribution in [0.15, 0.2) is 60.9 Å². The number of rotatable bonds is 12. The molecule has 1 aromatic heterocycles. The molecule has 0 spiro atoms. The van der Waals surface area contributed by atoms with E-state index in [-0.39, 0.29) is 11.3 Å². The van der Waals surface area contributed by atoms with Gasteiger partial charge in [0.2, 0.25) is 0 Å². The average molecular weight is 503 g/mol. The Morgan fingerprint density at radius 1 is 1.17 bits per heavy atom. The van der Waals surface area contributed by atoms with E-state index < -0.39 is 0 Å². The van der Waals surface area contributed by atoms with E-state index in [2.05, 4.69) is 53.6 Å². The van der Waals surface area contributed by atoms with Crippen LogP contribution in [0.3, 0.4) is 0 Å². The maximum absolute atomic E-state index is 11.3. The number of Topliss-reactive ketones (excluding diaryl/α,β-unsaturated/α-hetero) is 1. The molecule has 2 aliphatic carbocycles. The number of aromatic nitrogens is 1. The maximum Gasteiger partial charge on any atom is 0.129 e. The number of ether oxygens (including phenoxy) is 1. The van der Waals surface area contributed by atoms with Crippen LogP contribution in [0.25, 0.3) is 11.1 Å². The van der Waals surface area contributed by atoms with Gasteiger partial charge in [0.1, 0.15) is 11.5 Å².